The van der Waals surface area contributed by atoms with Crippen LogP contribution in [0.2, 0.25) is 0 Å². The van der Waals surface area contributed by atoms with Crippen LogP contribution >= 0.6 is 0 Å². The second-order valence-electron chi connectivity index (χ2n) is 6.59. The summed E-state index contributed by atoms with van der Waals surface area (Å²) < 4.78 is 11.6. The average molecular weight is 320 g/mol. The van der Waals surface area contributed by atoms with Gasteiger partial charge in [0.2, 0.25) is 0 Å². The van der Waals surface area contributed by atoms with E-state index in [-0.39, 0.29) is 11.6 Å². The van der Waals surface area contributed by atoms with E-state index in [9.17, 15) is 4.79 Å². The number of hydrogen-bond acceptors (Lipinski definition) is 5. The van der Waals surface area contributed by atoms with Crippen LogP contribution in [0.1, 0.15) is 19.3 Å². The third-order valence-electron chi connectivity index (χ3n) is 4.51. The Kier molecular flexibility index (Phi) is 4.66. The highest BCUT2D eigenvalue weighted by Gasteiger charge is 2.49. The van der Waals surface area contributed by atoms with Gasteiger partial charge in [-0.05, 0) is 31.2 Å². The molecule has 0 N–H and O–H groups in total. The summed E-state index contributed by atoms with van der Waals surface area (Å²) >= 11 is 0. The van der Waals surface area contributed by atoms with E-state index in [1.807, 2.05) is 4.90 Å². The monoisotopic (exact) mass is 320 g/mol. The highest BCUT2D eigenvalue weighted by Crippen LogP contribution is 2.38. The van der Waals surface area contributed by atoms with Crippen molar-refractivity contribution < 1.29 is 14.3 Å². The smallest absolute Gasteiger partial charge is 0.319 e. The van der Waals surface area contributed by atoms with Crippen molar-refractivity contribution in [2.24, 2.45) is 5.92 Å². The fourth-order valence-electron chi connectivity index (χ4n) is 3.34. The van der Waals surface area contributed by atoms with Gasteiger partial charge in [0, 0.05) is 33.1 Å². The maximum atomic E-state index is 11.9. The van der Waals surface area contributed by atoms with Gasteiger partial charge >= 0.3 is 12.0 Å². The Balaban J connectivity index is 1.43. The van der Waals surface area contributed by atoms with Crippen LogP contribution in [0.4, 0.5) is 4.79 Å². The summed E-state index contributed by atoms with van der Waals surface area (Å²) in [5, 5.41) is 0. The molecule has 23 heavy (non-hydrogen) atoms. The third-order valence-corrected chi connectivity index (χ3v) is 4.51. The van der Waals surface area contributed by atoms with Crippen LogP contribution in [-0.4, -0.2) is 71.8 Å². The molecule has 0 aliphatic carbocycles. The van der Waals surface area contributed by atoms with Crippen molar-refractivity contribution in [1.29, 1.82) is 0 Å². The van der Waals surface area contributed by atoms with Crippen molar-refractivity contribution in [2.75, 3.05) is 40.4 Å². The number of urea groups is 1. The number of ether oxygens (including phenoxy) is 2. The standard InChI is InChI=1S/C16H24N4O3/c1-19(2)15(21)20-11-16(12-20)10-13(5-9-23-16)4-8-22-14-17-6-3-7-18-14/h3,6-7,13H,4-5,8-12H2,1-2H3/t13-/m0/s1. The van der Waals surface area contributed by atoms with Gasteiger partial charge in [0.1, 0.15) is 5.60 Å². The minimum absolute atomic E-state index is 0.0610. The van der Waals surface area contributed by atoms with Crippen molar-refractivity contribution in [3.05, 3.63) is 18.5 Å². The minimum atomic E-state index is -0.141. The number of carbonyl (C=O) groups is 1. The normalized spacial score (nSPS) is 22.5. The molecule has 2 amide bonds. The van der Waals surface area contributed by atoms with E-state index in [1.165, 1.54) is 0 Å². The lowest BCUT2D eigenvalue weighted by Crippen LogP contribution is -2.67. The zero-order valence-electron chi connectivity index (χ0n) is 13.8. The molecule has 0 aromatic carbocycles. The lowest BCUT2D eigenvalue weighted by molar-refractivity contribution is -0.167. The molecule has 3 rings (SSSR count). The van der Waals surface area contributed by atoms with E-state index >= 15 is 0 Å². The van der Waals surface area contributed by atoms with E-state index in [2.05, 4.69) is 9.97 Å². The second-order valence-corrected chi connectivity index (χ2v) is 6.59. The van der Waals surface area contributed by atoms with Gasteiger partial charge in [-0.1, -0.05) is 0 Å². The molecule has 0 unspecified atom stereocenters. The fraction of sp³-hybridized carbons (Fsp3) is 0.688. The summed E-state index contributed by atoms with van der Waals surface area (Å²) in [5.41, 5.74) is -0.141. The Morgan fingerprint density at radius 3 is 2.87 bits per heavy atom. The fourth-order valence-corrected chi connectivity index (χ4v) is 3.34. The largest absolute Gasteiger partial charge is 0.463 e. The van der Waals surface area contributed by atoms with Crippen molar-refractivity contribution in [3.8, 4) is 6.01 Å². The van der Waals surface area contributed by atoms with E-state index < -0.39 is 0 Å². The summed E-state index contributed by atoms with van der Waals surface area (Å²) in [6, 6.07) is 2.26. The Morgan fingerprint density at radius 1 is 1.43 bits per heavy atom. The Morgan fingerprint density at radius 2 is 2.17 bits per heavy atom. The molecule has 0 saturated carbocycles. The molecule has 2 saturated heterocycles. The van der Waals surface area contributed by atoms with E-state index in [1.54, 1.807) is 37.5 Å². The first kappa shape index (κ1) is 16.0. The molecular weight excluding hydrogens is 296 g/mol. The van der Waals surface area contributed by atoms with Crippen molar-refractivity contribution in [1.82, 2.24) is 19.8 Å². The van der Waals surface area contributed by atoms with Crippen molar-refractivity contribution >= 4 is 6.03 Å². The van der Waals surface area contributed by atoms with Gasteiger partial charge in [-0.15, -0.1) is 0 Å². The average Bonchev–Trinajstić information content (AvgIpc) is 2.53. The predicted molar refractivity (Wildman–Crippen MR) is 84.2 cm³/mol. The molecular formula is C16H24N4O3. The molecule has 1 spiro atoms. The van der Waals surface area contributed by atoms with Crippen LogP contribution in [0, 0.1) is 5.92 Å². The van der Waals surface area contributed by atoms with Crippen LogP contribution in [0.25, 0.3) is 0 Å². The number of hydrogen-bond donors (Lipinski definition) is 0. The molecule has 7 nitrogen and oxygen atoms in total. The first-order valence-electron chi connectivity index (χ1n) is 8.08. The summed E-state index contributed by atoms with van der Waals surface area (Å²) in [5.74, 6) is 0.559. The first-order chi connectivity index (χ1) is 11.1. The molecule has 0 bridgehead atoms. The number of aromatic nitrogens is 2. The highest BCUT2D eigenvalue weighted by molar-refractivity contribution is 5.75. The summed E-state index contributed by atoms with van der Waals surface area (Å²) in [4.78, 5) is 23.5. The molecule has 0 radical (unpaired) electrons. The quantitative estimate of drug-likeness (QED) is 0.839. The van der Waals surface area contributed by atoms with Gasteiger partial charge < -0.3 is 19.3 Å². The van der Waals surface area contributed by atoms with Gasteiger partial charge in [0.15, 0.2) is 0 Å². The first-order valence-corrected chi connectivity index (χ1v) is 8.08. The van der Waals surface area contributed by atoms with Crippen LogP contribution in [0.15, 0.2) is 18.5 Å². The molecule has 1 aromatic rings. The van der Waals surface area contributed by atoms with Gasteiger partial charge in [0.25, 0.3) is 0 Å². The second kappa shape index (κ2) is 6.70. The minimum Gasteiger partial charge on any atom is -0.463 e. The number of likely N-dealkylation sites (tertiary alicyclic amines) is 1. The number of carbonyl (C=O) groups excluding carboxylic acids is 1. The highest BCUT2D eigenvalue weighted by atomic mass is 16.5. The zero-order chi connectivity index (χ0) is 16.3. The molecule has 126 valence electrons. The maximum Gasteiger partial charge on any atom is 0.319 e. The van der Waals surface area contributed by atoms with E-state index in [4.69, 9.17) is 9.47 Å². The van der Waals surface area contributed by atoms with Crippen LogP contribution in [0.3, 0.4) is 0 Å². The van der Waals surface area contributed by atoms with Crippen molar-refractivity contribution in [2.45, 2.75) is 24.9 Å². The van der Waals surface area contributed by atoms with Gasteiger partial charge in [-0.3, -0.25) is 0 Å². The third kappa shape index (κ3) is 3.72. The molecule has 2 aliphatic heterocycles. The Labute approximate surface area is 136 Å². The Bertz CT molecular complexity index is 531. The number of rotatable bonds is 4. The zero-order valence-corrected chi connectivity index (χ0v) is 13.8. The number of amides is 2. The van der Waals surface area contributed by atoms with Crippen LogP contribution in [0.5, 0.6) is 6.01 Å². The van der Waals surface area contributed by atoms with Gasteiger partial charge in [-0.25, -0.2) is 14.8 Å². The van der Waals surface area contributed by atoms with Crippen LogP contribution < -0.4 is 4.74 Å². The molecule has 1 atom stereocenters. The molecule has 3 heterocycles. The summed E-state index contributed by atoms with van der Waals surface area (Å²) in [6.07, 6.45) is 6.35. The van der Waals surface area contributed by atoms with Gasteiger partial charge in [0.05, 0.1) is 19.7 Å². The summed E-state index contributed by atoms with van der Waals surface area (Å²) in [6.45, 7) is 2.77. The predicted octanol–water partition coefficient (Wildman–Crippen LogP) is 1.41. The van der Waals surface area contributed by atoms with E-state index in [0.717, 1.165) is 25.9 Å². The summed E-state index contributed by atoms with van der Waals surface area (Å²) in [7, 11) is 3.56. The van der Waals surface area contributed by atoms with Crippen LogP contribution in [-0.2, 0) is 4.74 Å². The molecule has 7 heteroatoms. The topological polar surface area (TPSA) is 67.8 Å². The lowest BCUT2D eigenvalue weighted by atomic mass is 9.79. The number of nitrogens with zero attached hydrogens (tertiary/aromatic N) is 4. The SMILES string of the molecule is CN(C)C(=O)N1CC2(C[C@@H](CCOc3ncccn3)CCO2)C1. The van der Waals surface area contributed by atoms with Gasteiger partial charge in [-0.2, -0.15) is 0 Å². The van der Waals surface area contributed by atoms with Crippen molar-refractivity contribution in [3.63, 3.8) is 0 Å². The molecule has 1 aromatic heterocycles. The Hall–Kier alpha value is -1.89. The lowest BCUT2D eigenvalue weighted by Gasteiger charge is -2.53. The molecule has 2 fully saturated rings. The maximum absolute atomic E-state index is 11.9. The van der Waals surface area contributed by atoms with E-state index in [0.29, 0.717) is 31.6 Å². The molecule has 2 aliphatic rings.